The monoisotopic (exact) mass is 777 g/mol. The molecule has 1 saturated heterocycles. The van der Waals surface area contributed by atoms with E-state index in [1.807, 2.05) is 0 Å². The van der Waals surface area contributed by atoms with Crippen molar-refractivity contribution in [2.75, 3.05) is 53.0 Å². The van der Waals surface area contributed by atoms with E-state index in [4.69, 9.17) is 9.47 Å². The van der Waals surface area contributed by atoms with Crippen LogP contribution in [0.15, 0.2) is 0 Å². The van der Waals surface area contributed by atoms with Gasteiger partial charge in [0, 0.05) is 45.6 Å². The van der Waals surface area contributed by atoms with Crippen molar-refractivity contribution in [1.29, 1.82) is 0 Å². The van der Waals surface area contributed by atoms with Crippen LogP contribution in [0.3, 0.4) is 0 Å². The normalized spacial score (nSPS) is 14.1. The van der Waals surface area contributed by atoms with Gasteiger partial charge >= 0.3 is 11.9 Å². The van der Waals surface area contributed by atoms with Crippen LogP contribution >= 0.6 is 0 Å². The predicted molar refractivity (Wildman–Crippen MR) is 237 cm³/mol. The topological polar surface area (TPSA) is 59.1 Å². The molecule has 1 heterocycles. The number of carbonyl (C=O) groups excluding carboxylic acids is 2. The maximum Gasteiger partial charge on any atom is 0.305 e. The Morgan fingerprint density at radius 1 is 0.418 bits per heavy atom. The number of esters is 2. The Morgan fingerprint density at radius 3 is 1.11 bits per heavy atom. The molecule has 1 fully saturated rings. The number of ether oxygens (including phenoxy) is 2. The lowest BCUT2D eigenvalue weighted by Crippen LogP contribution is -2.46. The molecule has 6 heteroatoms. The molecule has 0 aliphatic carbocycles. The van der Waals surface area contributed by atoms with Crippen molar-refractivity contribution in [2.45, 2.75) is 233 Å². The molecule has 1 rings (SSSR count). The molecule has 0 N–H and O–H groups in total. The average Bonchev–Trinajstić information content (AvgIpc) is 3.18. The summed E-state index contributed by atoms with van der Waals surface area (Å²) in [5.74, 6) is 2.33. The van der Waals surface area contributed by atoms with E-state index >= 15 is 0 Å². The van der Waals surface area contributed by atoms with E-state index < -0.39 is 0 Å². The molecule has 0 amide bonds. The second-order valence-corrected chi connectivity index (χ2v) is 17.8. The minimum Gasteiger partial charge on any atom is -0.466 e. The first-order valence-corrected chi connectivity index (χ1v) is 24.6. The van der Waals surface area contributed by atoms with Crippen molar-refractivity contribution in [2.24, 2.45) is 17.8 Å². The van der Waals surface area contributed by atoms with Gasteiger partial charge in [-0.1, -0.05) is 182 Å². The van der Waals surface area contributed by atoms with Crippen molar-refractivity contribution < 1.29 is 19.1 Å². The summed E-state index contributed by atoms with van der Waals surface area (Å²) in [5, 5.41) is 0. The molecule has 0 aromatic heterocycles. The first-order valence-electron chi connectivity index (χ1n) is 24.6. The Kier molecular flexibility index (Phi) is 36.2. The Bertz CT molecular complexity index is 773. The molecule has 0 saturated carbocycles. The van der Waals surface area contributed by atoms with Crippen LogP contribution in [0, 0.1) is 17.8 Å². The first kappa shape index (κ1) is 51.9. The number of piperazine rings is 1. The fourth-order valence-corrected chi connectivity index (χ4v) is 8.56. The highest BCUT2D eigenvalue weighted by atomic mass is 16.5. The summed E-state index contributed by atoms with van der Waals surface area (Å²) in [6.07, 6.45) is 38.8. The number of nitrogens with zero attached hydrogens (tertiary/aromatic N) is 2. The summed E-state index contributed by atoms with van der Waals surface area (Å²) in [4.78, 5) is 29.7. The van der Waals surface area contributed by atoms with E-state index in [1.54, 1.807) is 0 Å². The molecule has 6 nitrogen and oxygen atoms in total. The lowest BCUT2D eigenvalue weighted by atomic mass is 9.93. The minimum absolute atomic E-state index is 0.0179. The van der Waals surface area contributed by atoms with Crippen LogP contribution in [-0.2, 0) is 19.1 Å². The van der Waals surface area contributed by atoms with E-state index in [0.29, 0.717) is 26.1 Å². The minimum atomic E-state index is 0.0179. The maximum atomic E-state index is 12.3. The molecule has 1 aliphatic rings. The van der Waals surface area contributed by atoms with E-state index in [-0.39, 0.29) is 11.9 Å². The summed E-state index contributed by atoms with van der Waals surface area (Å²) in [6.45, 7) is 16.4. The zero-order chi connectivity index (χ0) is 40.0. The molecule has 55 heavy (non-hydrogen) atoms. The van der Waals surface area contributed by atoms with Gasteiger partial charge in [0.05, 0.1) is 13.2 Å². The Morgan fingerprint density at radius 2 is 0.745 bits per heavy atom. The molecule has 1 aliphatic heterocycles. The highest BCUT2D eigenvalue weighted by Crippen LogP contribution is 2.23. The second kappa shape index (κ2) is 38.4. The molecule has 0 aromatic rings. The fourth-order valence-electron chi connectivity index (χ4n) is 8.56. The summed E-state index contributed by atoms with van der Waals surface area (Å²) >= 11 is 0. The number of unbranched alkanes of at least 4 members (excludes halogenated alkanes) is 16. The van der Waals surface area contributed by atoms with Crippen LogP contribution in [0.4, 0.5) is 0 Å². The van der Waals surface area contributed by atoms with Gasteiger partial charge in [0.15, 0.2) is 0 Å². The highest BCUT2D eigenvalue weighted by Gasteiger charge is 2.18. The molecule has 0 radical (unpaired) electrons. The maximum absolute atomic E-state index is 12.3. The van der Waals surface area contributed by atoms with E-state index in [2.05, 4.69) is 44.5 Å². The highest BCUT2D eigenvalue weighted by molar-refractivity contribution is 5.69. The van der Waals surface area contributed by atoms with Crippen molar-refractivity contribution in [3.8, 4) is 0 Å². The largest absolute Gasteiger partial charge is 0.466 e. The predicted octanol–water partition coefficient (Wildman–Crippen LogP) is 13.7. The molecule has 0 atom stereocenters. The quantitative estimate of drug-likeness (QED) is 0.0456. The molecular formula is C49H96N2O4. The van der Waals surface area contributed by atoms with E-state index in [1.165, 1.54) is 187 Å². The smallest absolute Gasteiger partial charge is 0.305 e. The van der Waals surface area contributed by atoms with Crippen LogP contribution in [0.2, 0.25) is 0 Å². The van der Waals surface area contributed by atoms with Gasteiger partial charge in [-0.3, -0.25) is 9.59 Å². The Hall–Kier alpha value is -1.14. The number of likely N-dealkylation sites (N-methyl/N-ethyl adjacent to an activating group) is 1. The molecule has 0 bridgehead atoms. The van der Waals surface area contributed by atoms with Gasteiger partial charge in [-0.05, 0) is 63.3 Å². The van der Waals surface area contributed by atoms with Gasteiger partial charge in [0.1, 0.15) is 0 Å². The van der Waals surface area contributed by atoms with Gasteiger partial charge in [0.25, 0.3) is 0 Å². The Balaban J connectivity index is 2.14. The average molecular weight is 777 g/mol. The third-order valence-electron chi connectivity index (χ3n) is 12.5. The summed E-state index contributed by atoms with van der Waals surface area (Å²) in [5.41, 5.74) is 0. The third kappa shape index (κ3) is 32.5. The van der Waals surface area contributed by atoms with Crippen LogP contribution < -0.4 is 0 Å². The first-order chi connectivity index (χ1) is 26.9. The van der Waals surface area contributed by atoms with Crippen LogP contribution in [0.25, 0.3) is 0 Å². The van der Waals surface area contributed by atoms with Crippen LogP contribution in [0.5, 0.6) is 0 Å². The van der Waals surface area contributed by atoms with Crippen LogP contribution in [0.1, 0.15) is 233 Å². The zero-order valence-corrected chi connectivity index (χ0v) is 37.8. The number of rotatable bonds is 40. The fraction of sp³-hybridized carbons (Fsp3) is 0.959. The molecular weight excluding hydrogens is 681 g/mol. The number of carbonyl (C=O) groups is 2. The van der Waals surface area contributed by atoms with Gasteiger partial charge < -0.3 is 19.3 Å². The molecule has 0 aromatic carbocycles. The van der Waals surface area contributed by atoms with Gasteiger partial charge in [0.2, 0.25) is 0 Å². The van der Waals surface area contributed by atoms with Crippen molar-refractivity contribution >= 4 is 11.9 Å². The van der Waals surface area contributed by atoms with Crippen molar-refractivity contribution in [3.05, 3.63) is 0 Å². The standard InChI is InChI=1S/C49H96N2O4/c1-6-10-28-45(29-11-7-2)36-42-54-48(52)34-26-22-18-14-16-20-24-32-47(44-51-40-38-50(5)39-41-51)33-25-21-17-15-19-23-27-35-49(53)55-43-37-46(30-12-8-3)31-13-9-4/h45-47H,6-44H2,1-5H3. The van der Waals surface area contributed by atoms with Crippen molar-refractivity contribution in [3.63, 3.8) is 0 Å². The van der Waals surface area contributed by atoms with E-state index in [9.17, 15) is 9.59 Å². The summed E-state index contributed by atoms with van der Waals surface area (Å²) < 4.78 is 11.2. The number of hydrogen-bond acceptors (Lipinski definition) is 6. The summed E-state index contributed by atoms with van der Waals surface area (Å²) in [6, 6.07) is 0. The van der Waals surface area contributed by atoms with E-state index in [0.717, 1.165) is 56.3 Å². The lowest BCUT2D eigenvalue weighted by molar-refractivity contribution is -0.145. The third-order valence-corrected chi connectivity index (χ3v) is 12.5. The Labute approximate surface area is 343 Å². The molecule has 0 unspecified atom stereocenters. The van der Waals surface area contributed by atoms with Crippen LogP contribution in [-0.4, -0.2) is 74.7 Å². The van der Waals surface area contributed by atoms with Crippen molar-refractivity contribution in [1.82, 2.24) is 9.80 Å². The molecule has 0 spiro atoms. The van der Waals surface area contributed by atoms with Gasteiger partial charge in [-0.25, -0.2) is 0 Å². The van der Waals surface area contributed by atoms with Gasteiger partial charge in [-0.15, -0.1) is 0 Å². The number of hydrogen-bond donors (Lipinski definition) is 0. The lowest BCUT2D eigenvalue weighted by Gasteiger charge is -2.34. The second-order valence-electron chi connectivity index (χ2n) is 17.8. The SMILES string of the molecule is CCCCC(CCCC)CCOC(=O)CCCCCCCCCC(CCCCCCCCCC(=O)OCCC(CCCC)CCCC)CN1CCN(C)CC1. The van der Waals surface area contributed by atoms with Gasteiger partial charge in [-0.2, -0.15) is 0 Å². The molecule has 326 valence electrons. The summed E-state index contributed by atoms with van der Waals surface area (Å²) in [7, 11) is 2.26. The zero-order valence-electron chi connectivity index (χ0n) is 37.8.